The number of thiocarbonyl (C=S) groups is 2. The van der Waals surface area contributed by atoms with Crippen molar-refractivity contribution < 1.29 is 5.11 Å². The van der Waals surface area contributed by atoms with E-state index in [-0.39, 0.29) is 12.6 Å². The van der Waals surface area contributed by atoms with Crippen LogP contribution in [0.2, 0.25) is 0 Å². The van der Waals surface area contributed by atoms with Gasteiger partial charge in [-0.1, -0.05) is 192 Å². The van der Waals surface area contributed by atoms with Crippen molar-refractivity contribution in [2.75, 3.05) is 13.2 Å². The Morgan fingerprint density at radius 3 is 1.10 bits per heavy atom. The Morgan fingerprint density at radius 1 is 0.475 bits per heavy atom. The molecule has 0 saturated carbocycles. The van der Waals surface area contributed by atoms with Gasteiger partial charge in [-0.25, -0.2) is 0 Å². The van der Waals surface area contributed by atoms with Crippen LogP contribution in [0.15, 0.2) is 0 Å². The van der Waals surface area contributed by atoms with Gasteiger partial charge in [-0.15, -0.1) is 0 Å². The SMILES string of the molecule is CCCCCCCCCCCCCCCC(=S)NCC(CO)NC(=S)CCCCCCCCCCCCCCC. The van der Waals surface area contributed by atoms with Crippen LogP contribution in [0.5, 0.6) is 0 Å². The molecule has 0 aromatic rings. The van der Waals surface area contributed by atoms with Gasteiger partial charge in [0, 0.05) is 6.54 Å². The van der Waals surface area contributed by atoms with E-state index >= 15 is 0 Å². The maximum atomic E-state index is 9.77. The normalized spacial score (nSPS) is 12.0. The first-order valence-corrected chi connectivity index (χ1v) is 18.6. The molecule has 1 unspecified atom stereocenters. The minimum absolute atomic E-state index is 0.0564. The van der Waals surface area contributed by atoms with Crippen LogP contribution in [0.4, 0.5) is 0 Å². The molecular weight excluding hydrogens is 529 g/mol. The van der Waals surface area contributed by atoms with Gasteiger partial charge in [-0.05, 0) is 25.7 Å². The number of hydrogen-bond acceptors (Lipinski definition) is 3. The molecule has 3 N–H and O–H groups in total. The molecule has 0 fully saturated rings. The zero-order valence-electron chi connectivity index (χ0n) is 27.1. The molecule has 0 rings (SSSR count). The third kappa shape index (κ3) is 30.7. The van der Waals surface area contributed by atoms with Crippen molar-refractivity contribution in [2.45, 2.75) is 200 Å². The van der Waals surface area contributed by atoms with Crippen molar-refractivity contribution in [2.24, 2.45) is 0 Å². The molecule has 0 aliphatic carbocycles. The second kappa shape index (κ2) is 33.2. The highest BCUT2D eigenvalue weighted by atomic mass is 32.1. The third-order valence-electron chi connectivity index (χ3n) is 8.15. The maximum Gasteiger partial charge on any atom is 0.0756 e. The molecule has 40 heavy (non-hydrogen) atoms. The molecule has 238 valence electrons. The van der Waals surface area contributed by atoms with Crippen LogP contribution in [-0.2, 0) is 0 Å². The molecule has 0 aromatic heterocycles. The lowest BCUT2D eigenvalue weighted by molar-refractivity contribution is 0.255. The minimum Gasteiger partial charge on any atom is -0.394 e. The van der Waals surface area contributed by atoms with Gasteiger partial charge in [0.05, 0.1) is 22.6 Å². The van der Waals surface area contributed by atoms with Crippen LogP contribution >= 0.6 is 24.4 Å². The summed E-state index contributed by atoms with van der Waals surface area (Å²) in [4.78, 5) is 1.80. The minimum atomic E-state index is -0.0564. The molecule has 0 bridgehead atoms. The third-order valence-corrected chi connectivity index (χ3v) is 8.82. The number of hydrogen-bond donors (Lipinski definition) is 3. The standard InChI is InChI=1S/C35H70N2OS2/c1-3-5-7-9-11-13-15-17-19-21-23-25-27-29-34(39)36-31-33(32-38)37-35(40)30-28-26-24-22-20-18-16-14-12-10-8-6-4-2/h33,38H,3-32H2,1-2H3,(H,36,39)(H,37,40). The van der Waals surface area contributed by atoms with Crippen molar-refractivity contribution in [1.82, 2.24) is 10.6 Å². The van der Waals surface area contributed by atoms with Gasteiger partial charge >= 0.3 is 0 Å². The monoisotopic (exact) mass is 598 g/mol. The van der Waals surface area contributed by atoms with Gasteiger partial charge in [0.25, 0.3) is 0 Å². The topological polar surface area (TPSA) is 44.3 Å². The van der Waals surface area contributed by atoms with Crippen LogP contribution in [0.1, 0.15) is 194 Å². The fraction of sp³-hybridized carbons (Fsp3) is 0.943. The predicted octanol–water partition coefficient (Wildman–Crippen LogP) is 11.1. The molecule has 0 aliphatic rings. The number of aliphatic hydroxyl groups excluding tert-OH is 1. The number of rotatable bonds is 32. The Balaban J connectivity index is 3.53. The highest BCUT2D eigenvalue weighted by molar-refractivity contribution is 7.80. The summed E-state index contributed by atoms with van der Waals surface area (Å²) in [6.07, 6.45) is 37.4. The largest absolute Gasteiger partial charge is 0.394 e. The molecule has 0 spiro atoms. The van der Waals surface area contributed by atoms with Crippen LogP contribution in [0, 0.1) is 0 Å². The van der Waals surface area contributed by atoms with Gasteiger partial charge in [-0.3, -0.25) is 0 Å². The smallest absolute Gasteiger partial charge is 0.0756 e. The zero-order chi connectivity index (χ0) is 29.4. The highest BCUT2D eigenvalue weighted by Crippen LogP contribution is 2.14. The van der Waals surface area contributed by atoms with Crippen LogP contribution in [0.3, 0.4) is 0 Å². The fourth-order valence-electron chi connectivity index (χ4n) is 5.39. The Bertz CT molecular complexity index is 543. The summed E-state index contributed by atoms with van der Waals surface area (Å²) in [7, 11) is 0. The quantitative estimate of drug-likeness (QED) is 0.0531. The fourth-order valence-corrected chi connectivity index (χ4v) is 5.93. The Morgan fingerprint density at radius 2 is 0.775 bits per heavy atom. The zero-order valence-corrected chi connectivity index (χ0v) is 28.7. The summed E-state index contributed by atoms with van der Waals surface area (Å²) in [6, 6.07) is -0.0564. The summed E-state index contributed by atoms with van der Waals surface area (Å²) < 4.78 is 0. The van der Waals surface area contributed by atoms with E-state index in [1.165, 1.54) is 154 Å². The van der Waals surface area contributed by atoms with E-state index in [4.69, 9.17) is 24.4 Å². The van der Waals surface area contributed by atoms with E-state index in [0.29, 0.717) is 6.54 Å². The van der Waals surface area contributed by atoms with E-state index < -0.39 is 0 Å². The average molecular weight is 599 g/mol. The van der Waals surface area contributed by atoms with E-state index in [1.54, 1.807) is 0 Å². The Kier molecular flexibility index (Phi) is 33.0. The molecule has 3 nitrogen and oxygen atoms in total. The second-order valence-corrected chi connectivity index (χ2v) is 13.2. The first-order chi connectivity index (χ1) is 19.6. The van der Waals surface area contributed by atoms with Crippen molar-refractivity contribution in [3.05, 3.63) is 0 Å². The molecule has 0 radical (unpaired) electrons. The van der Waals surface area contributed by atoms with Gasteiger partial charge in [0.15, 0.2) is 0 Å². The molecule has 0 saturated heterocycles. The van der Waals surface area contributed by atoms with Gasteiger partial charge in [0.2, 0.25) is 0 Å². The average Bonchev–Trinajstić information content (AvgIpc) is 2.96. The second-order valence-electron chi connectivity index (χ2n) is 12.2. The summed E-state index contributed by atoms with van der Waals surface area (Å²) in [5, 5.41) is 16.5. The molecular formula is C35H70N2OS2. The molecule has 0 amide bonds. The first-order valence-electron chi connectivity index (χ1n) is 17.8. The van der Waals surface area contributed by atoms with Gasteiger partial charge in [0.1, 0.15) is 0 Å². The van der Waals surface area contributed by atoms with Crippen molar-refractivity contribution in [3.63, 3.8) is 0 Å². The molecule has 1 atom stereocenters. The summed E-state index contributed by atoms with van der Waals surface area (Å²) in [6.45, 7) is 5.29. The van der Waals surface area contributed by atoms with Gasteiger partial charge < -0.3 is 15.7 Å². The number of aliphatic hydroxyl groups is 1. The maximum absolute atomic E-state index is 9.77. The number of nitrogens with one attached hydrogen (secondary N) is 2. The van der Waals surface area contributed by atoms with Crippen molar-refractivity contribution >= 4 is 34.4 Å². The molecule has 5 heteroatoms. The van der Waals surface area contributed by atoms with E-state index in [0.717, 1.165) is 35.7 Å². The predicted molar refractivity (Wildman–Crippen MR) is 188 cm³/mol. The lowest BCUT2D eigenvalue weighted by Gasteiger charge is -2.19. The Hall–Kier alpha value is -0.260. The van der Waals surface area contributed by atoms with Gasteiger partial charge in [-0.2, -0.15) is 0 Å². The van der Waals surface area contributed by atoms with Crippen LogP contribution in [0.25, 0.3) is 0 Å². The van der Waals surface area contributed by atoms with Crippen molar-refractivity contribution in [1.29, 1.82) is 0 Å². The van der Waals surface area contributed by atoms with Crippen molar-refractivity contribution in [3.8, 4) is 0 Å². The number of unbranched alkanes of at least 4 members (excludes halogenated alkanes) is 24. The Labute approximate surface area is 262 Å². The summed E-state index contributed by atoms with van der Waals surface area (Å²) >= 11 is 11.1. The van der Waals surface area contributed by atoms with E-state index in [2.05, 4.69) is 24.5 Å². The lowest BCUT2D eigenvalue weighted by Crippen LogP contribution is -2.45. The lowest BCUT2D eigenvalue weighted by atomic mass is 10.0. The first kappa shape index (κ1) is 39.7. The summed E-state index contributed by atoms with van der Waals surface area (Å²) in [5.74, 6) is 0. The molecule has 0 aromatic carbocycles. The molecule has 0 heterocycles. The van der Waals surface area contributed by atoms with E-state index in [1.807, 2.05) is 0 Å². The van der Waals surface area contributed by atoms with Crippen LogP contribution in [-0.4, -0.2) is 34.3 Å². The van der Waals surface area contributed by atoms with Crippen LogP contribution < -0.4 is 10.6 Å². The highest BCUT2D eigenvalue weighted by Gasteiger charge is 2.09. The molecule has 0 aliphatic heterocycles. The van der Waals surface area contributed by atoms with E-state index in [9.17, 15) is 5.11 Å². The summed E-state index contributed by atoms with van der Waals surface area (Å²) in [5.41, 5.74) is 0.